The van der Waals surface area contributed by atoms with E-state index in [1.165, 1.54) is 0 Å². The van der Waals surface area contributed by atoms with Gasteiger partial charge in [-0.05, 0) is 45.0 Å². The maximum Gasteiger partial charge on any atom is 0.263 e. The lowest BCUT2D eigenvalue weighted by Gasteiger charge is -2.23. The topological polar surface area (TPSA) is 49.6 Å². The molecule has 1 aromatic heterocycles. The number of aryl methyl sites for hydroxylation is 1. The largest absolute Gasteiger partial charge is 0.372 e. The minimum Gasteiger partial charge on any atom is -0.372 e. The zero-order valence-corrected chi connectivity index (χ0v) is 16.3. The van der Waals surface area contributed by atoms with E-state index in [0.717, 1.165) is 30.0 Å². The van der Waals surface area contributed by atoms with E-state index < -0.39 is 0 Å². The minimum atomic E-state index is -0.136. The maximum absolute atomic E-state index is 13.2. The van der Waals surface area contributed by atoms with Gasteiger partial charge >= 0.3 is 0 Å². The van der Waals surface area contributed by atoms with Gasteiger partial charge < -0.3 is 14.3 Å². The molecule has 0 atom stereocenters. The molecule has 2 aromatic carbocycles. The summed E-state index contributed by atoms with van der Waals surface area (Å²) in [6.07, 6.45) is 0. The van der Waals surface area contributed by atoms with E-state index in [1.54, 1.807) is 18.9 Å². The van der Waals surface area contributed by atoms with Crippen molar-refractivity contribution in [2.24, 2.45) is 0 Å². The molecule has 0 radical (unpaired) electrons. The Bertz CT molecular complexity index is 897. The van der Waals surface area contributed by atoms with Crippen molar-refractivity contribution in [1.82, 2.24) is 5.16 Å². The van der Waals surface area contributed by atoms with Crippen LogP contribution in [0.5, 0.6) is 0 Å². The molecule has 0 saturated heterocycles. The predicted octanol–water partition coefficient (Wildman–Crippen LogP) is 4.77. The van der Waals surface area contributed by atoms with Crippen molar-refractivity contribution in [3.05, 3.63) is 65.9 Å². The number of aromatic nitrogens is 1. The van der Waals surface area contributed by atoms with Crippen LogP contribution in [0.15, 0.2) is 59.1 Å². The molecule has 5 nitrogen and oxygen atoms in total. The lowest BCUT2D eigenvalue weighted by atomic mass is 10.1. The molecule has 0 spiro atoms. The van der Waals surface area contributed by atoms with E-state index in [0.29, 0.717) is 17.0 Å². The Morgan fingerprint density at radius 2 is 1.56 bits per heavy atom. The summed E-state index contributed by atoms with van der Waals surface area (Å²) < 4.78 is 5.33. The van der Waals surface area contributed by atoms with Crippen molar-refractivity contribution in [1.29, 1.82) is 0 Å². The SMILES string of the molecule is CCN(CC)c1ccc(N(C)C(=O)c2c(-c3ccccc3)noc2C)cc1. The van der Waals surface area contributed by atoms with Gasteiger partial charge in [-0.1, -0.05) is 35.5 Å². The Labute approximate surface area is 160 Å². The fourth-order valence-corrected chi connectivity index (χ4v) is 3.18. The summed E-state index contributed by atoms with van der Waals surface area (Å²) in [5.41, 5.74) is 3.91. The standard InChI is InChI=1S/C22H25N3O2/c1-5-25(6-2)19-14-12-18(13-15-19)24(4)22(26)20-16(3)27-23-21(20)17-10-8-7-9-11-17/h7-15H,5-6H2,1-4H3. The van der Waals surface area contributed by atoms with Gasteiger partial charge in [0, 0.05) is 37.1 Å². The number of carbonyl (C=O) groups excluding carboxylic acids is 1. The van der Waals surface area contributed by atoms with Gasteiger partial charge in [-0.3, -0.25) is 4.79 Å². The number of hydrogen-bond donors (Lipinski definition) is 0. The van der Waals surface area contributed by atoms with Gasteiger partial charge in [0.15, 0.2) is 0 Å². The molecule has 0 fully saturated rings. The van der Waals surface area contributed by atoms with Crippen LogP contribution in [-0.2, 0) is 0 Å². The molecule has 0 aliphatic carbocycles. The molecule has 0 saturated carbocycles. The summed E-state index contributed by atoms with van der Waals surface area (Å²) in [6, 6.07) is 17.6. The Hall–Kier alpha value is -3.08. The van der Waals surface area contributed by atoms with E-state index >= 15 is 0 Å². The molecule has 140 valence electrons. The van der Waals surface area contributed by atoms with Crippen molar-refractivity contribution in [3.8, 4) is 11.3 Å². The third kappa shape index (κ3) is 3.72. The number of rotatable bonds is 6. The Morgan fingerprint density at radius 3 is 2.15 bits per heavy atom. The van der Waals surface area contributed by atoms with Crippen LogP contribution in [0.25, 0.3) is 11.3 Å². The first-order valence-corrected chi connectivity index (χ1v) is 9.21. The smallest absolute Gasteiger partial charge is 0.263 e. The maximum atomic E-state index is 13.2. The summed E-state index contributed by atoms with van der Waals surface area (Å²) in [4.78, 5) is 17.1. The first-order valence-electron chi connectivity index (χ1n) is 9.21. The normalized spacial score (nSPS) is 10.7. The summed E-state index contributed by atoms with van der Waals surface area (Å²) in [7, 11) is 1.77. The highest BCUT2D eigenvalue weighted by Crippen LogP contribution is 2.28. The molecule has 3 rings (SSSR count). The van der Waals surface area contributed by atoms with Crippen molar-refractivity contribution in [3.63, 3.8) is 0 Å². The highest BCUT2D eigenvalue weighted by Gasteiger charge is 2.25. The highest BCUT2D eigenvalue weighted by molar-refractivity contribution is 6.10. The zero-order chi connectivity index (χ0) is 19.4. The average molecular weight is 363 g/mol. The lowest BCUT2D eigenvalue weighted by molar-refractivity contribution is 0.0992. The predicted molar refractivity (Wildman–Crippen MR) is 109 cm³/mol. The fourth-order valence-electron chi connectivity index (χ4n) is 3.18. The van der Waals surface area contributed by atoms with Gasteiger partial charge in [0.25, 0.3) is 5.91 Å². The van der Waals surface area contributed by atoms with E-state index in [-0.39, 0.29) is 5.91 Å². The van der Waals surface area contributed by atoms with Gasteiger partial charge in [0.2, 0.25) is 0 Å². The van der Waals surface area contributed by atoms with Crippen LogP contribution in [-0.4, -0.2) is 31.2 Å². The number of carbonyl (C=O) groups is 1. The molecule has 0 aliphatic rings. The Kier molecular flexibility index (Phi) is 5.60. The van der Waals surface area contributed by atoms with Crippen molar-refractivity contribution in [2.75, 3.05) is 29.9 Å². The molecule has 1 amide bonds. The third-order valence-electron chi connectivity index (χ3n) is 4.79. The summed E-state index contributed by atoms with van der Waals surface area (Å²) in [5, 5.41) is 4.11. The summed E-state index contributed by atoms with van der Waals surface area (Å²) in [5.74, 6) is 0.383. The summed E-state index contributed by atoms with van der Waals surface area (Å²) in [6.45, 7) is 7.93. The second-order valence-corrected chi connectivity index (χ2v) is 6.38. The Balaban J connectivity index is 1.90. The van der Waals surface area contributed by atoms with Gasteiger partial charge in [-0.15, -0.1) is 0 Å². The molecule has 0 unspecified atom stereocenters. The van der Waals surface area contributed by atoms with E-state index in [1.807, 2.05) is 54.6 Å². The van der Waals surface area contributed by atoms with E-state index in [9.17, 15) is 4.79 Å². The van der Waals surface area contributed by atoms with Crippen LogP contribution in [0.2, 0.25) is 0 Å². The second kappa shape index (κ2) is 8.08. The first kappa shape index (κ1) is 18.7. The lowest BCUT2D eigenvalue weighted by Crippen LogP contribution is -2.27. The van der Waals surface area contributed by atoms with Crippen LogP contribution in [0.1, 0.15) is 30.0 Å². The highest BCUT2D eigenvalue weighted by atomic mass is 16.5. The zero-order valence-electron chi connectivity index (χ0n) is 16.3. The number of amides is 1. The molecule has 3 aromatic rings. The Morgan fingerprint density at radius 1 is 0.963 bits per heavy atom. The van der Waals surface area contributed by atoms with Crippen LogP contribution in [0, 0.1) is 6.92 Å². The third-order valence-corrected chi connectivity index (χ3v) is 4.79. The van der Waals surface area contributed by atoms with Gasteiger partial charge in [-0.25, -0.2) is 0 Å². The molecule has 27 heavy (non-hydrogen) atoms. The number of hydrogen-bond acceptors (Lipinski definition) is 4. The first-order chi connectivity index (χ1) is 13.1. The minimum absolute atomic E-state index is 0.136. The van der Waals surface area contributed by atoms with E-state index in [4.69, 9.17) is 4.52 Å². The monoisotopic (exact) mass is 363 g/mol. The molecule has 0 bridgehead atoms. The van der Waals surface area contributed by atoms with Gasteiger partial charge in [-0.2, -0.15) is 0 Å². The number of anilines is 2. The van der Waals surface area contributed by atoms with Crippen molar-refractivity contribution < 1.29 is 9.32 Å². The van der Waals surface area contributed by atoms with Crippen molar-refractivity contribution in [2.45, 2.75) is 20.8 Å². The second-order valence-electron chi connectivity index (χ2n) is 6.38. The van der Waals surface area contributed by atoms with Crippen LogP contribution in [0.3, 0.4) is 0 Å². The van der Waals surface area contributed by atoms with Crippen LogP contribution < -0.4 is 9.80 Å². The molecule has 5 heteroatoms. The molecule has 0 N–H and O–H groups in total. The van der Waals surface area contributed by atoms with Crippen LogP contribution in [0.4, 0.5) is 11.4 Å². The number of nitrogens with zero attached hydrogens (tertiary/aromatic N) is 3. The van der Waals surface area contributed by atoms with E-state index in [2.05, 4.69) is 23.9 Å². The van der Waals surface area contributed by atoms with Crippen molar-refractivity contribution >= 4 is 17.3 Å². The fraction of sp³-hybridized carbons (Fsp3) is 0.273. The quantitative estimate of drug-likeness (QED) is 0.633. The molecular formula is C22H25N3O2. The summed E-state index contributed by atoms with van der Waals surface area (Å²) >= 11 is 0. The van der Waals surface area contributed by atoms with Gasteiger partial charge in [0.1, 0.15) is 17.0 Å². The van der Waals surface area contributed by atoms with Gasteiger partial charge in [0.05, 0.1) is 0 Å². The number of benzene rings is 2. The molecular weight excluding hydrogens is 338 g/mol. The average Bonchev–Trinajstić information content (AvgIpc) is 3.10. The van der Waals surface area contributed by atoms with Crippen LogP contribution >= 0.6 is 0 Å². The molecule has 0 aliphatic heterocycles. The molecule has 1 heterocycles.